The molecule has 0 radical (unpaired) electrons. The smallest absolute Gasteiger partial charge is 0.348 e. The van der Waals surface area contributed by atoms with Crippen molar-refractivity contribution in [1.82, 2.24) is 0 Å². The Hall–Kier alpha value is -1.30. The van der Waals surface area contributed by atoms with Crippen LogP contribution in [0.3, 0.4) is 0 Å². The van der Waals surface area contributed by atoms with E-state index in [1.807, 2.05) is 6.92 Å². The minimum Gasteiger partial charge on any atom is -0.462 e. The molecule has 0 spiro atoms. The molecule has 0 aliphatic carbocycles. The summed E-state index contributed by atoms with van der Waals surface area (Å²) in [6, 6.07) is 1.77. The second kappa shape index (κ2) is 5.48. The van der Waals surface area contributed by atoms with Gasteiger partial charge in [-0.05, 0) is 13.3 Å². The molecule has 0 aromatic carbocycles. The second-order valence-electron chi connectivity index (χ2n) is 1.86. The Morgan fingerprint density at radius 1 is 1.64 bits per heavy atom. The van der Waals surface area contributed by atoms with E-state index in [0.717, 1.165) is 0 Å². The van der Waals surface area contributed by atoms with Crippen molar-refractivity contribution in [2.24, 2.45) is 0 Å². The van der Waals surface area contributed by atoms with Crippen molar-refractivity contribution in [2.45, 2.75) is 20.3 Å². The molecule has 0 bridgehead atoms. The highest BCUT2D eigenvalue weighted by Gasteiger charge is 2.07. The Kier molecular flexibility index (Phi) is 4.83. The number of hydrogen-bond acceptors (Lipinski definition) is 3. The molecule has 0 aromatic rings. The average molecular weight is 153 g/mol. The van der Waals surface area contributed by atoms with E-state index in [2.05, 4.69) is 4.74 Å². The van der Waals surface area contributed by atoms with E-state index < -0.39 is 5.97 Å². The maximum atomic E-state index is 10.9. The Morgan fingerprint density at radius 2 is 2.27 bits per heavy atom. The van der Waals surface area contributed by atoms with E-state index in [-0.39, 0.29) is 5.57 Å². The normalized spacial score (nSPS) is 10.5. The van der Waals surface area contributed by atoms with Gasteiger partial charge in [-0.25, -0.2) is 4.79 Å². The van der Waals surface area contributed by atoms with Crippen molar-refractivity contribution in [3.63, 3.8) is 0 Å². The highest BCUT2D eigenvalue weighted by Crippen LogP contribution is 1.97. The quantitative estimate of drug-likeness (QED) is 0.350. The summed E-state index contributed by atoms with van der Waals surface area (Å²) in [5.74, 6) is -0.531. The van der Waals surface area contributed by atoms with Crippen LogP contribution in [-0.2, 0) is 9.53 Å². The lowest BCUT2D eigenvalue weighted by atomic mass is 10.2. The van der Waals surface area contributed by atoms with Gasteiger partial charge < -0.3 is 4.74 Å². The Morgan fingerprint density at radius 3 is 2.64 bits per heavy atom. The SMILES string of the molecule is CCC=C(C#N)C(=O)OCC. The van der Waals surface area contributed by atoms with Crippen molar-refractivity contribution in [3.8, 4) is 6.07 Å². The summed E-state index contributed by atoms with van der Waals surface area (Å²) in [7, 11) is 0. The van der Waals surface area contributed by atoms with E-state index in [0.29, 0.717) is 13.0 Å². The Labute approximate surface area is 66.3 Å². The van der Waals surface area contributed by atoms with Crippen molar-refractivity contribution in [2.75, 3.05) is 6.61 Å². The second-order valence-corrected chi connectivity index (χ2v) is 1.86. The fraction of sp³-hybridized carbons (Fsp3) is 0.500. The van der Waals surface area contributed by atoms with Gasteiger partial charge in [0, 0.05) is 0 Å². The number of hydrogen-bond donors (Lipinski definition) is 0. The van der Waals surface area contributed by atoms with Crippen LogP contribution in [0, 0.1) is 11.3 Å². The van der Waals surface area contributed by atoms with Crippen LogP contribution < -0.4 is 0 Å². The van der Waals surface area contributed by atoms with Crippen LogP contribution in [0.4, 0.5) is 0 Å². The Bertz CT molecular complexity index is 201. The highest BCUT2D eigenvalue weighted by molar-refractivity contribution is 5.92. The largest absolute Gasteiger partial charge is 0.462 e. The summed E-state index contributed by atoms with van der Waals surface area (Å²) < 4.78 is 4.62. The fourth-order valence-corrected chi connectivity index (χ4v) is 0.588. The number of ether oxygens (including phenoxy) is 1. The summed E-state index contributed by atoms with van der Waals surface area (Å²) in [5.41, 5.74) is 0.0920. The van der Waals surface area contributed by atoms with Crippen LogP contribution in [0.2, 0.25) is 0 Å². The first kappa shape index (κ1) is 9.70. The third-order valence-corrected chi connectivity index (χ3v) is 1.02. The first-order valence-corrected chi connectivity index (χ1v) is 3.53. The molecule has 60 valence electrons. The van der Waals surface area contributed by atoms with E-state index in [1.165, 1.54) is 0 Å². The molecule has 0 amide bonds. The standard InChI is InChI=1S/C8H11NO2/c1-3-5-7(6-9)8(10)11-4-2/h5H,3-4H2,1-2H3. The van der Waals surface area contributed by atoms with Crippen LogP contribution in [0.5, 0.6) is 0 Å². The van der Waals surface area contributed by atoms with Gasteiger partial charge in [-0.3, -0.25) is 0 Å². The molecule has 11 heavy (non-hydrogen) atoms. The lowest BCUT2D eigenvalue weighted by molar-refractivity contribution is -0.138. The lowest BCUT2D eigenvalue weighted by Crippen LogP contribution is -2.05. The third-order valence-electron chi connectivity index (χ3n) is 1.02. The van der Waals surface area contributed by atoms with Crippen LogP contribution in [-0.4, -0.2) is 12.6 Å². The Balaban J connectivity index is 4.18. The molecule has 0 aromatic heterocycles. The van der Waals surface area contributed by atoms with E-state index in [1.54, 1.807) is 19.1 Å². The predicted octanol–water partition coefficient (Wildman–Crippen LogP) is 1.41. The third kappa shape index (κ3) is 3.41. The number of rotatable bonds is 3. The van der Waals surface area contributed by atoms with Crippen molar-refractivity contribution < 1.29 is 9.53 Å². The summed E-state index contributed by atoms with van der Waals surface area (Å²) in [6.45, 7) is 3.87. The molecular formula is C8H11NO2. The molecule has 3 nitrogen and oxygen atoms in total. The first-order valence-electron chi connectivity index (χ1n) is 3.53. The van der Waals surface area contributed by atoms with Crippen LogP contribution >= 0.6 is 0 Å². The van der Waals surface area contributed by atoms with Gasteiger partial charge >= 0.3 is 5.97 Å². The van der Waals surface area contributed by atoms with Crippen molar-refractivity contribution in [1.29, 1.82) is 5.26 Å². The molecular weight excluding hydrogens is 142 g/mol. The molecule has 0 saturated heterocycles. The van der Waals surface area contributed by atoms with Gasteiger partial charge in [-0.1, -0.05) is 13.0 Å². The summed E-state index contributed by atoms with van der Waals surface area (Å²) >= 11 is 0. The first-order chi connectivity index (χ1) is 5.26. The highest BCUT2D eigenvalue weighted by atomic mass is 16.5. The molecule has 0 atom stereocenters. The lowest BCUT2D eigenvalue weighted by Gasteiger charge is -1.97. The minimum atomic E-state index is -0.531. The topological polar surface area (TPSA) is 50.1 Å². The maximum Gasteiger partial charge on any atom is 0.348 e. The number of allylic oxidation sites excluding steroid dienone is 1. The zero-order valence-electron chi connectivity index (χ0n) is 6.76. The summed E-state index contributed by atoms with van der Waals surface area (Å²) in [6.07, 6.45) is 2.22. The molecule has 3 heteroatoms. The summed E-state index contributed by atoms with van der Waals surface area (Å²) in [4.78, 5) is 10.9. The minimum absolute atomic E-state index is 0.0920. The monoisotopic (exact) mass is 153 g/mol. The number of esters is 1. The molecule has 0 saturated carbocycles. The molecule has 0 rings (SSSR count). The van der Waals surface area contributed by atoms with Gasteiger partial charge in [0.05, 0.1) is 6.61 Å². The number of nitriles is 1. The fourth-order valence-electron chi connectivity index (χ4n) is 0.588. The molecule has 0 N–H and O–H groups in total. The zero-order valence-corrected chi connectivity index (χ0v) is 6.76. The van der Waals surface area contributed by atoms with Crippen molar-refractivity contribution in [3.05, 3.63) is 11.6 Å². The molecule has 0 aliphatic rings. The van der Waals surface area contributed by atoms with Gasteiger partial charge in [0.15, 0.2) is 0 Å². The van der Waals surface area contributed by atoms with Gasteiger partial charge in [0.25, 0.3) is 0 Å². The van der Waals surface area contributed by atoms with E-state index in [9.17, 15) is 4.79 Å². The van der Waals surface area contributed by atoms with Crippen molar-refractivity contribution >= 4 is 5.97 Å². The number of nitrogens with zero attached hydrogens (tertiary/aromatic N) is 1. The van der Waals surface area contributed by atoms with Crippen LogP contribution in [0.15, 0.2) is 11.6 Å². The van der Waals surface area contributed by atoms with Gasteiger partial charge in [0.2, 0.25) is 0 Å². The molecule has 0 fully saturated rings. The van der Waals surface area contributed by atoms with Gasteiger partial charge in [0.1, 0.15) is 11.6 Å². The molecule has 0 unspecified atom stereocenters. The number of carbonyl (C=O) groups is 1. The van der Waals surface area contributed by atoms with Crippen LogP contribution in [0.1, 0.15) is 20.3 Å². The van der Waals surface area contributed by atoms with Gasteiger partial charge in [-0.2, -0.15) is 5.26 Å². The summed E-state index contributed by atoms with van der Waals surface area (Å²) in [5, 5.41) is 8.44. The predicted molar refractivity (Wildman–Crippen MR) is 40.6 cm³/mol. The van der Waals surface area contributed by atoms with Gasteiger partial charge in [-0.15, -0.1) is 0 Å². The van der Waals surface area contributed by atoms with E-state index in [4.69, 9.17) is 5.26 Å². The van der Waals surface area contributed by atoms with Crippen LogP contribution in [0.25, 0.3) is 0 Å². The molecule has 0 heterocycles. The van der Waals surface area contributed by atoms with E-state index >= 15 is 0 Å². The zero-order chi connectivity index (χ0) is 8.69. The maximum absolute atomic E-state index is 10.9. The molecule has 0 aliphatic heterocycles. The number of carbonyl (C=O) groups excluding carboxylic acids is 1. The average Bonchev–Trinajstić information content (AvgIpc) is 2.00.